The van der Waals surface area contributed by atoms with E-state index < -0.39 is 0 Å². The first-order valence-corrected chi connectivity index (χ1v) is 8.86. The topological polar surface area (TPSA) is 61.9 Å². The van der Waals surface area contributed by atoms with E-state index in [-0.39, 0.29) is 24.9 Å². The highest BCUT2D eigenvalue weighted by molar-refractivity contribution is 6.31. The van der Waals surface area contributed by atoms with Gasteiger partial charge in [0.15, 0.2) is 0 Å². The van der Waals surface area contributed by atoms with Gasteiger partial charge in [-0.3, -0.25) is 14.5 Å². The molecule has 6 nitrogen and oxygen atoms in total. The zero-order valence-corrected chi connectivity index (χ0v) is 15.8. The van der Waals surface area contributed by atoms with Crippen LogP contribution in [0.2, 0.25) is 5.02 Å². The average molecular weight is 368 g/mol. The Balaban J connectivity index is 1.85. The molecule has 0 saturated carbocycles. The number of carbonyl (C=O) groups is 2. The number of nitrogens with one attached hydrogen (secondary N) is 1. The first-order chi connectivity index (χ1) is 11.9. The number of ether oxygens (including phenoxy) is 1. The summed E-state index contributed by atoms with van der Waals surface area (Å²) in [6.07, 6.45) is 2.22. The molecule has 1 aromatic rings. The van der Waals surface area contributed by atoms with Gasteiger partial charge in [-0.1, -0.05) is 18.5 Å². The van der Waals surface area contributed by atoms with E-state index in [1.165, 1.54) is 13.5 Å². The van der Waals surface area contributed by atoms with Crippen LogP contribution < -0.4 is 10.1 Å². The van der Waals surface area contributed by atoms with Gasteiger partial charge < -0.3 is 15.0 Å². The lowest BCUT2D eigenvalue weighted by Crippen LogP contribution is -2.45. The van der Waals surface area contributed by atoms with E-state index in [9.17, 15) is 9.59 Å². The maximum absolute atomic E-state index is 12.4. The van der Waals surface area contributed by atoms with E-state index in [2.05, 4.69) is 12.2 Å². The number of piperidine rings is 1. The molecule has 1 atom stereocenters. The number of hydrogen-bond acceptors (Lipinski definition) is 4. The van der Waals surface area contributed by atoms with E-state index in [1.807, 2.05) is 4.90 Å². The predicted molar refractivity (Wildman–Crippen MR) is 99.1 cm³/mol. The summed E-state index contributed by atoms with van der Waals surface area (Å²) in [5, 5.41) is 3.29. The number of rotatable bonds is 6. The fourth-order valence-electron chi connectivity index (χ4n) is 3.02. The molecule has 25 heavy (non-hydrogen) atoms. The summed E-state index contributed by atoms with van der Waals surface area (Å²) in [5.41, 5.74) is 0.518. The second kappa shape index (κ2) is 9.06. The maximum atomic E-state index is 12.4. The smallest absolute Gasteiger partial charge is 0.238 e. The Morgan fingerprint density at radius 3 is 2.84 bits per heavy atom. The van der Waals surface area contributed by atoms with Crippen molar-refractivity contribution in [1.82, 2.24) is 9.80 Å². The number of nitrogens with zero attached hydrogens (tertiary/aromatic N) is 2. The summed E-state index contributed by atoms with van der Waals surface area (Å²) in [6.45, 7) is 4.12. The normalized spacial score (nSPS) is 17.5. The minimum atomic E-state index is -0.220. The third-order valence-corrected chi connectivity index (χ3v) is 4.50. The van der Waals surface area contributed by atoms with Crippen molar-refractivity contribution in [2.75, 3.05) is 45.7 Å². The van der Waals surface area contributed by atoms with E-state index in [4.69, 9.17) is 16.3 Å². The van der Waals surface area contributed by atoms with Gasteiger partial charge in [0.05, 0.1) is 25.9 Å². The third kappa shape index (κ3) is 5.90. The van der Waals surface area contributed by atoms with Crippen LogP contribution in [0.4, 0.5) is 5.69 Å². The van der Waals surface area contributed by atoms with Crippen molar-refractivity contribution in [2.45, 2.75) is 19.8 Å². The predicted octanol–water partition coefficient (Wildman–Crippen LogP) is 2.48. The fourth-order valence-corrected chi connectivity index (χ4v) is 3.19. The van der Waals surface area contributed by atoms with Gasteiger partial charge in [0, 0.05) is 18.1 Å². The molecule has 1 saturated heterocycles. The van der Waals surface area contributed by atoms with Crippen LogP contribution in [-0.4, -0.2) is 62.0 Å². The number of anilines is 1. The van der Waals surface area contributed by atoms with Gasteiger partial charge in [0.25, 0.3) is 0 Å². The zero-order valence-electron chi connectivity index (χ0n) is 15.0. The highest BCUT2D eigenvalue weighted by Gasteiger charge is 2.22. The second-order valence-electron chi connectivity index (χ2n) is 6.65. The monoisotopic (exact) mass is 367 g/mol. The summed E-state index contributed by atoms with van der Waals surface area (Å²) in [6, 6.07) is 5.03. The minimum absolute atomic E-state index is 0.0715. The van der Waals surface area contributed by atoms with Crippen molar-refractivity contribution < 1.29 is 14.3 Å². The molecule has 1 heterocycles. The maximum Gasteiger partial charge on any atom is 0.238 e. The third-order valence-electron chi connectivity index (χ3n) is 4.26. The number of likely N-dealkylation sites (tertiary alicyclic amines) is 1. The lowest BCUT2D eigenvalue weighted by molar-refractivity contribution is -0.134. The summed E-state index contributed by atoms with van der Waals surface area (Å²) >= 11 is 5.96. The number of hydrogen-bond donors (Lipinski definition) is 1. The molecule has 0 aromatic heterocycles. The van der Waals surface area contributed by atoms with Crippen molar-refractivity contribution in [3.05, 3.63) is 23.2 Å². The van der Waals surface area contributed by atoms with Crippen molar-refractivity contribution in [3.8, 4) is 5.75 Å². The van der Waals surface area contributed by atoms with Gasteiger partial charge in [0.1, 0.15) is 5.75 Å². The molecule has 138 valence electrons. The summed E-state index contributed by atoms with van der Waals surface area (Å²) in [4.78, 5) is 28.2. The van der Waals surface area contributed by atoms with Crippen LogP contribution in [0.1, 0.15) is 19.8 Å². The second-order valence-corrected chi connectivity index (χ2v) is 7.09. The molecule has 0 radical (unpaired) electrons. The molecular formula is C18H26ClN3O3. The molecule has 0 bridgehead atoms. The van der Waals surface area contributed by atoms with Gasteiger partial charge in [-0.25, -0.2) is 0 Å². The fraction of sp³-hybridized carbons (Fsp3) is 0.556. The number of methoxy groups -OCH3 is 1. The van der Waals surface area contributed by atoms with Crippen LogP contribution in [0.25, 0.3) is 0 Å². The molecule has 1 aliphatic rings. The number of likely N-dealkylation sites (N-methyl/N-ethyl adjacent to an activating group) is 1. The molecule has 1 aliphatic heterocycles. The van der Waals surface area contributed by atoms with Crippen molar-refractivity contribution in [1.29, 1.82) is 0 Å². The molecule has 0 spiro atoms. The first-order valence-electron chi connectivity index (χ1n) is 8.48. The van der Waals surface area contributed by atoms with E-state index in [0.29, 0.717) is 22.4 Å². The summed E-state index contributed by atoms with van der Waals surface area (Å²) in [5.74, 6) is 0.936. The molecular weight excluding hydrogens is 342 g/mol. The van der Waals surface area contributed by atoms with E-state index in [0.717, 1.165) is 19.5 Å². The standard InChI is InChI=1S/C18H26ClN3O3/c1-13-5-4-8-22(10-13)18(24)12-21(2)11-17(23)20-15-9-14(19)6-7-16(15)25-3/h6-7,9,13H,4-5,8,10-12H2,1-3H3,(H,20,23)/t13-/m1/s1. The van der Waals surface area contributed by atoms with Crippen LogP contribution in [-0.2, 0) is 9.59 Å². The molecule has 1 fully saturated rings. The van der Waals surface area contributed by atoms with Gasteiger partial charge >= 0.3 is 0 Å². The summed E-state index contributed by atoms with van der Waals surface area (Å²) < 4.78 is 5.21. The van der Waals surface area contributed by atoms with E-state index in [1.54, 1.807) is 30.1 Å². The molecule has 2 amide bonds. The van der Waals surface area contributed by atoms with Crippen LogP contribution in [0.3, 0.4) is 0 Å². The van der Waals surface area contributed by atoms with Crippen molar-refractivity contribution in [3.63, 3.8) is 0 Å². The molecule has 1 N–H and O–H groups in total. The first kappa shape index (κ1) is 19.5. The average Bonchev–Trinajstić information content (AvgIpc) is 2.54. The Hall–Kier alpha value is -1.79. The largest absolute Gasteiger partial charge is 0.495 e. The van der Waals surface area contributed by atoms with Gasteiger partial charge in [0.2, 0.25) is 11.8 Å². The van der Waals surface area contributed by atoms with Crippen molar-refractivity contribution >= 4 is 29.1 Å². The lowest BCUT2D eigenvalue weighted by Gasteiger charge is -2.32. The van der Waals surface area contributed by atoms with Crippen LogP contribution in [0, 0.1) is 5.92 Å². The zero-order chi connectivity index (χ0) is 18.4. The summed E-state index contributed by atoms with van der Waals surface area (Å²) in [7, 11) is 3.29. The Kier molecular flexibility index (Phi) is 7.08. The molecule has 0 aliphatic carbocycles. The van der Waals surface area contributed by atoms with Gasteiger partial charge in [-0.15, -0.1) is 0 Å². The number of halogens is 1. The van der Waals surface area contributed by atoms with Crippen LogP contribution in [0.5, 0.6) is 5.75 Å². The Labute approximate surface area is 154 Å². The highest BCUT2D eigenvalue weighted by Crippen LogP contribution is 2.27. The molecule has 7 heteroatoms. The Morgan fingerprint density at radius 1 is 1.40 bits per heavy atom. The van der Waals surface area contributed by atoms with Crippen LogP contribution in [0.15, 0.2) is 18.2 Å². The van der Waals surface area contributed by atoms with Crippen molar-refractivity contribution in [2.24, 2.45) is 5.92 Å². The lowest BCUT2D eigenvalue weighted by atomic mass is 10.0. The SMILES string of the molecule is COc1ccc(Cl)cc1NC(=O)CN(C)CC(=O)N1CCC[C@@H](C)C1. The molecule has 1 aromatic carbocycles. The minimum Gasteiger partial charge on any atom is -0.495 e. The highest BCUT2D eigenvalue weighted by atomic mass is 35.5. The van der Waals surface area contributed by atoms with Gasteiger partial charge in [-0.2, -0.15) is 0 Å². The Bertz CT molecular complexity index is 624. The number of amides is 2. The van der Waals surface area contributed by atoms with E-state index >= 15 is 0 Å². The Morgan fingerprint density at radius 2 is 2.16 bits per heavy atom. The molecule has 2 rings (SSSR count). The van der Waals surface area contributed by atoms with Gasteiger partial charge in [-0.05, 0) is 44.0 Å². The van der Waals surface area contributed by atoms with Crippen LogP contribution >= 0.6 is 11.6 Å². The number of carbonyl (C=O) groups excluding carboxylic acids is 2. The number of benzene rings is 1. The molecule has 0 unspecified atom stereocenters. The quantitative estimate of drug-likeness (QED) is 0.839.